The second kappa shape index (κ2) is 6.95. The molecule has 1 aromatic rings. The quantitative estimate of drug-likeness (QED) is 0.720. The van der Waals surface area contributed by atoms with Gasteiger partial charge in [-0.3, -0.25) is 9.78 Å². The van der Waals surface area contributed by atoms with Crippen LogP contribution >= 0.6 is 0 Å². The molecule has 0 atom stereocenters. The Hall–Kier alpha value is -1.42. The van der Waals surface area contributed by atoms with Crippen molar-refractivity contribution in [1.82, 2.24) is 10.3 Å². The molecule has 4 nitrogen and oxygen atoms in total. The van der Waals surface area contributed by atoms with Crippen LogP contribution in [0.15, 0.2) is 24.5 Å². The molecule has 0 bridgehead atoms. The highest BCUT2D eigenvalue weighted by Gasteiger charge is 2.01. The molecule has 2 N–H and O–H groups in total. The van der Waals surface area contributed by atoms with E-state index in [1.165, 1.54) is 0 Å². The summed E-state index contributed by atoms with van der Waals surface area (Å²) in [6.07, 6.45) is 4.73. The van der Waals surface area contributed by atoms with Crippen LogP contribution in [0.3, 0.4) is 0 Å². The highest BCUT2D eigenvalue weighted by molar-refractivity contribution is 5.90. The van der Waals surface area contributed by atoms with E-state index in [0.29, 0.717) is 12.5 Å². The molecule has 0 aliphatic rings. The van der Waals surface area contributed by atoms with Gasteiger partial charge in [-0.05, 0) is 25.1 Å². The van der Waals surface area contributed by atoms with Crippen LogP contribution in [0.4, 0.5) is 5.69 Å². The van der Waals surface area contributed by atoms with E-state index in [2.05, 4.69) is 29.5 Å². The standard InChI is InChI=1S/C12H19N3O/c1-10(2)14-7-3-4-12(16)15-11-5-8-13-9-6-11/h5-6,8-10,14H,3-4,7H2,1-2H3,(H,13,15,16). The van der Waals surface area contributed by atoms with Gasteiger partial charge in [0.1, 0.15) is 0 Å². The lowest BCUT2D eigenvalue weighted by Crippen LogP contribution is -2.24. The van der Waals surface area contributed by atoms with E-state index in [9.17, 15) is 4.79 Å². The van der Waals surface area contributed by atoms with Crippen molar-refractivity contribution in [3.63, 3.8) is 0 Å². The van der Waals surface area contributed by atoms with Gasteiger partial charge in [0.2, 0.25) is 5.91 Å². The number of carbonyl (C=O) groups is 1. The maximum Gasteiger partial charge on any atom is 0.224 e. The Morgan fingerprint density at radius 2 is 2.06 bits per heavy atom. The van der Waals surface area contributed by atoms with Gasteiger partial charge in [-0.15, -0.1) is 0 Å². The monoisotopic (exact) mass is 221 g/mol. The number of nitrogens with zero attached hydrogens (tertiary/aromatic N) is 1. The Balaban J connectivity index is 2.17. The first kappa shape index (κ1) is 12.6. The van der Waals surface area contributed by atoms with Crippen LogP contribution in [0, 0.1) is 0 Å². The number of nitrogens with one attached hydrogen (secondary N) is 2. The van der Waals surface area contributed by atoms with Crippen molar-refractivity contribution in [2.45, 2.75) is 32.7 Å². The van der Waals surface area contributed by atoms with Crippen molar-refractivity contribution in [3.05, 3.63) is 24.5 Å². The second-order valence-electron chi connectivity index (χ2n) is 4.00. The molecule has 16 heavy (non-hydrogen) atoms. The predicted molar refractivity (Wildman–Crippen MR) is 65.2 cm³/mol. The van der Waals surface area contributed by atoms with Crippen LogP contribution in [0.2, 0.25) is 0 Å². The molecule has 0 aromatic carbocycles. The number of hydrogen-bond donors (Lipinski definition) is 2. The van der Waals surface area contributed by atoms with Gasteiger partial charge in [-0.2, -0.15) is 0 Å². The van der Waals surface area contributed by atoms with E-state index in [1.807, 2.05) is 0 Å². The molecular weight excluding hydrogens is 202 g/mol. The Morgan fingerprint density at radius 3 is 2.69 bits per heavy atom. The summed E-state index contributed by atoms with van der Waals surface area (Å²) in [4.78, 5) is 15.4. The van der Waals surface area contributed by atoms with Crippen LogP contribution < -0.4 is 10.6 Å². The number of anilines is 1. The zero-order chi connectivity index (χ0) is 11.8. The highest BCUT2D eigenvalue weighted by atomic mass is 16.1. The molecule has 0 spiro atoms. The van der Waals surface area contributed by atoms with E-state index in [4.69, 9.17) is 0 Å². The van der Waals surface area contributed by atoms with Crippen molar-refractivity contribution >= 4 is 11.6 Å². The van der Waals surface area contributed by atoms with Gasteiger partial charge < -0.3 is 10.6 Å². The minimum Gasteiger partial charge on any atom is -0.326 e. The lowest BCUT2D eigenvalue weighted by Gasteiger charge is -2.08. The summed E-state index contributed by atoms with van der Waals surface area (Å²) in [5.74, 6) is 0.0526. The van der Waals surface area contributed by atoms with Gasteiger partial charge >= 0.3 is 0 Å². The summed E-state index contributed by atoms with van der Waals surface area (Å²) in [6.45, 7) is 5.06. The maximum absolute atomic E-state index is 11.5. The minimum atomic E-state index is 0.0526. The van der Waals surface area contributed by atoms with Crippen LogP contribution in [-0.2, 0) is 4.79 Å². The fourth-order valence-electron chi connectivity index (χ4n) is 1.30. The average molecular weight is 221 g/mol. The Bertz CT molecular complexity index is 311. The third kappa shape index (κ3) is 5.46. The first-order valence-corrected chi connectivity index (χ1v) is 5.62. The van der Waals surface area contributed by atoms with Gasteiger partial charge in [-0.1, -0.05) is 13.8 Å². The largest absolute Gasteiger partial charge is 0.326 e. The predicted octanol–water partition coefficient (Wildman–Crippen LogP) is 1.80. The lowest BCUT2D eigenvalue weighted by atomic mass is 10.2. The molecule has 0 aliphatic heterocycles. The Labute approximate surface area is 96.5 Å². The van der Waals surface area contributed by atoms with E-state index >= 15 is 0 Å². The van der Waals surface area contributed by atoms with Gasteiger partial charge in [-0.25, -0.2) is 0 Å². The number of rotatable bonds is 6. The second-order valence-corrected chi connectivity index (χ2v) is 4.00. The van der Waals surface area contributed by atoms with E-state index in [0.717, 1.165) is 18.7 Å². The number of pyridine rings is 1. The van der Waals surface area contributed by atoms with Crippen molar-refractivity contribution < 1.29 is 4.79 Å². The van der Waals surface area contributed by atoms with Crippen LogP contribution in [0.1, 0.15) is 26.7 Å². The molecule has 88 valence electrons. The first-order valence-electron chi connectivity index (χ1n) is 5.62. The number of aromatic nitrogens is 1. The smallest absolute Gasteiger partial charge is 0.224 e. The van der Waals surface area contributed by atoms with E-state index in [-0.39, 0.29) is 5.91 Å². The van der Waals surface area contributed by atoms with E-state index < -0.39 is 0 Å². The highest BCUT2D eigenvalue weighted by Crippen LogP contribution is 2.04. The van der Waals surface area contributed by atoms with E-state index in [1.54, 1.807) is 24.5 Å². The summed E-state index contributed by atoms with van der Waals surface area (Å²) in [5.41, 5.74) is 0.803. The molecule has 4 heteroatoms. The summed E-state index contributed by atoms with van der Waals surface area (Å²) >= 11 is 0. The summed E-state index contributed by atoms with van der Waals surface area (Å²) < 4.78 is 0. The summed E-state index contributed by atoms with van der Waals surface area (Å²) in [7, 11) is 0. The van der Waals surface area contributed by atoms with Gasteiger partial charge in [0.25, 0.3) is 0 Å². The Morgan fingerprint density at radius 1 is 1.38 bits per heavy atom. The third-order valence-electron chi connectivity index (χ3n) is 2.10. The molecule has 0 radical (unpaired) electrons. The van der Waals surface area contributed by atoms with Gasteiger partial charge in [0.05, 0.1) is 0 Å². The zero-order valence-corrected chi connectivity index (χ0v) is 9.86. The van der Waals surface area contributed by atoms with Crippen molar-refractivity contribution in [3.8, 4) is 0 Å². The molecule has 1 amide bonds. The van der Waals surface area contributed by atoms with Crippen LogP contribution in [0.5, 0.6) is 0 Å². The molecular formula is C12H19N3O. The number of carbonyl (C=O) groups excluding carboxylic acids is 1. The molecule has 1 heterocycles. The molecule has 0 fully saturated rings. The number of hydrogen-bond acceptors (Lipinski definition) is 3. The Kier molecular flexibility index (Phi) is 5.50. The lowest BCUT2D eigenvalue weighted by molar-refractivity contribution is -0.116. The van der Waals surface area contributed by atoms with Gasteiger partial charge in [0.15, 0.2) is 0 Å². The average Bonchev–Trinajstić information content (AvgIpc) is 2.25. The van der Waals surface area contributed by atoms with Crippen molar-refractivity contribution in [2.24, 2.45) is 0 Å². The molecule has 0 saturated heterocycles. The van der Waals surface area contributed by atoms with Crippen molar-refractivity contribution in [1.29, 1.82) is 0 Å². The van der Waals surface area contributed by atoms with Crippen molar-refractivity contribution in [2.75, 3.05) is 11.9 Å². The van der Waals surface area contributed by atoms with Crippen LogP contribution in [0.25, 0.3) is 0 Å². The molecule has 1 aromatic heterocycles. The fraction of sp³-hybridized carbons (Fsp3) is 0.500. The zero-order valence-electron chi connectivity index (χ0n) is 9.86. The minimum absolute atomic E-state index is 0.0526. The summed E-state index contributed by atoms with van der Waals surface area (Å²) in [6, 6.07) is 4.04. The SMILES string of the molecule is CC(C)NCCCC(=O)Nc1ccncc1. The molecule has 1 rings (SSSR count). The number of amides is 1. The molecule has 0 aliphatic carbocycles. The molecule has 0 unspecified atom stereocenters. The first-order chi connectivity index (χ1) is 7.68. The summed E-state index contributed by atoms with van der Waals surface area (Å²) in [5, 5.41) is 6.10. The normalized spacial score (nSPS) is 10.4. The van der Waals surface area contributed by atoms with Crippen LogP contribution in [-0.4, -0.2) is 23.5 Å². The van der Waals surface area contributed by atoms with Gasteiger partial charge in [0, 0.05) is 30.5 Å². The maximum atomic E-state index is 11.5. The molecule has 0 saturated carbocycles. The third-order valence-corrected chi connectivity index (χ3v) is 2.10. The topological polar surface area (TPSA) is 54.0 Å². The fourth-order valence-corrected chi connectivity index (χ4v) is 1.30.